The minimum atomic E-state index is -0.692. The molecule has 158 valence electrons. The Bertz CT molecular complexity index is 1010. The van der Waals surface area contributed by atoms with Gasteiger partial charge in [-0.2, -0.15) is 0 Å². The summed E-state index contributed by atoms with van der Waals surface area (Å²) >= 11 is 0. The Balaban J connectivity index is 1.35. The SMILES string of the molecule is O=C(Cc1ccccc1)NCC(=O)OCC(=O)Nc1ccc(Oc2ccccc2)cc1. The average molecular weight is 418 g/mol. The molecule has 2 amide bonds. The number of nitrogens with one attached hydrogen (secondary N) is 2. The number of para-hydroxylation sites is 1. The minimum Gasteiger partial charge on any atom is -0.457 e. The molecule has 0 aliphatic heterocycles. The molecular formula is C24H22N2O5. The first kappa shape index (κ1) is 21.6. The van der Waals surface area contributed by atoms with E-state index in [0.717, 1.165) is 5.56 Å². The zero-order valence-corrected chi connectivity index (χ0v) is 16.7. The number of amides is 2. The van der Waals surface area contributed by atoms with E-state index in [-0.39, 0.29) is 18.9 Å². The molecule has 7 nitrogen and oxygen atoms in total. The van der Waals surface area contributed by atoms with Gasteiger partial charge in [0.15, 0.2) is 6.61 Å². The van der Waals surface area contributed by atoms with Crippen LogP contribution in [-0.4, -0.2) is 30.9 Å². The molecule has 0 atom stereocenters. The van der Waals surface area contributed by atoms with E-state index in [0.29, 0.717) is 17.2 Å². The number of hydrogen-bond acceptors (Lipinski definition) is 5. The van der Waals surface area contributed by atoms with E-state index in [4.69, 9.17) is 9.47 Å². The van der Waals surface area contributed by atoms with Gasteiger partial charge in [0.25, 0.3) is 5.91 Å². The number of hydrogen-bond donors (Lipinski definition) is 2. The van der Waals surface area contributed by atoms with Crippen molar-refractivity contribution in [1.82, 2.24) is 5.32 Å². The summed E-state index contributed by atoms with van der Waals surface area (Å²) in [5, 5.41) is 5.10. The van der Waals surface area contributed by atoms with Crippen LogP contribution in [0.15, 0.2) is 84.9 Å². The third-order valence-corrected chi connectivity index (χ3v) is 4.12. The van der Waals surface area contributed by atoms with E-state index in [2.05, 4.69) is 10.6 Å². The van der Waals surface area contributed by atoms with Crippen LogP contribution in [0, 0.1) is 0 Å². The highest BCUT2D eigenvalue weighted by Gasteiger charge is 2.10. The van der Waals surface area contributed by atoms with Crippen molar-refractivity contribution in [3.05, 3.63) is 90.5 Å². The summed E-state index contributed by atoms with van der Waals surface area (Å²) in [6.45, 7) is -0.750. The molecule has 3 rings (SSSR count). The third kappa shape index (κ3) is 7.66. The van der Waals surface area contributed by atoms with E-state index in [1.165, 1.54) is 0 Å². The lowest BCUT2D eigenvalue weighted by molar-refractivity contribution is -0.147. The van der Waals surface area contributed by atoms with Crippen LogP contribution in [0.4, 0.5) is 5.69 Å². The quantitative estimate of drug-likeness (QED) is 0.520. The Labute approximate surface area is 180 Å². The lowest BCUT2D eigenvalue weighted by Crippen LogP contribution is -2.33. The molecule has 0 aliphatic rings. The zero-order valence-electron chi connectivity index (χ0n) is 16.7. The predicted molar refractivity (Wildman–Crippen MR) is 116 cm³/mol. The maximum absolute atomic E-state index is 12.0. The molecule has 0 bridgehead atoms. The Morgan fingerprint density at radius 1 is 0.710 bits per heavy atom. The molecule has 2 N–H and O–H groups in total. The largest absolute Gasteiger partial charge is 0.457 e. The van der Waals surface area contributed by atoms with E-state index < -0.39 is 18.5 Å². The molecule has 0 heterocycles. The topological polar surface area (TPSA) is 93.7 Å². The lowest BCUT2D eigenvalue weighted by atomic mass is 10.1. The van der Waals surface area contributed by atoms with Crippen molar-refractivity contribution in [2.24, 2.45) is 0 Å². The molecule has 0 unspecified atom stereocenters. The van der Waals surface area contributed by atoms with Crippen LogP contribution in [0.25, 0.3) is 0 Å². The lowest BCUT2D eigenvalue weighted by Gasteiger charge is -2.09. The highest BCUT2D eigenvalue weighted by molar-refractivity contribution is 5.93. The summed E-state index contributed by atoms with van der Waals surface area (Å²) in [4.78, 5) is 35.5. The van der Waals surface area contributed by atoms with Gasteiger partial charge in [0.2, 0.25) is 5.91 Å². The van der Waals surface area contributed by atoms with Crippen LogP contribution in [-0.2, 0) is 25.5 Å². The van der Waals surface area contributed by atoms with Crippen molar-refractivity contribution in [3.63, 3.8) is 0 Å². The van der Waals surface area contributed by atoms with Gasteiger partial charge in [0, 0.05) is 5.69 Å². The second kappa shape index (κ2) is 11.2. The first-order chi connectivity index (χ1) is 15.1. The van der Waals surface area contributed by atoms with Gasteiger partial charge < -0.3 is 20.1 Å². The van der Waals surface area contributed by atoms with Crippen LogP contribution < -0.4 is 15.4 Å². The highest BCUT2D eigenvalue weighted by atomic mass is 16.5. The second-order valence-electron chi connectivity index (χ2n) is 6.59. The van der Waals surface area contributed by atoms with Crippen LogP contribution in [0.3, 0.4) is 0 Å². The molecule has 0 aromatic heterocycles. The van der Waals surface area contributed by atoms with Crippen LogP contribution in [0.1, 0.15) is 5.56 Å². The molecule has 0 saturated heterocycles. The molecule has 0 saturated carbocycles. The maximum Gasteiger partial charge on any atom is 0.325 e. The summed E-state index contributed by atoms with van der Waals surface area (Å²) in [6.07, 6.45) is 0.165. The fourth-order valence-electron chi connectivity index (χ4n) is 2.64. The summed E-state index contributed by atoms with van der Waals surface area (Å²) in [7, 11) is 0. The van der Waals surface area contributed by atoms with E-state index >= 15 is 0 Å². The van der Waals surface area contributed by atoms with Gasteiger partial charge in [0.05, 0.1) is 6.42 Å². The van der Waals surface area contributed by atoms with Gasteiger partial charge >= 0.3 is 5.97 Å². The Morgan fingerprint density at radius 2 is 1.32 bits per heavy atom. The molecule has 0 aliphatic carbocycles. The van der Waals surface area contributed by atoms with Gasteiger partial charge in [-0.1, -0.05) is 48.5 Å². The molecule has 7 heteroatoms. The predicted octanol–water partition coefficient (Wildman–Crippen LogP) is 3.32. The van der Waals surface area contributed by atoms with Crippen LogP contribution in [0.2, 0.25) is 0 Å². The average Bonchev–Trinajstić information content (AvgIpc) is 2.79. The fraction of sp³-hybridized carbons (Fsp3) is 0.125. The highest BCUT2D eigenvalue weighted by Crippen LogP contribution is 2.22. The second-order valence-corrected chi connectivity index (χ2v) is 6.59. The van der Waals surface area contributed by atoms with Gasteiger partial charge in [-0.15, -0.1) is 0 Å². The van der Waals surface area contributed by atoms with Crippen molar-refractivity contribution in [2.75, 3.05) is 18.5 Å². The summed E-state index contributed by atoms with van der Waals surface area (Å²) in [6, 6.07) is 25.3. The van der Waals surface area contributed by atoms with E-state index in [9.17, 15) is 14.4 Å². The standard InChI is InChI=1S/C24H22N2O5/c27-22(15-18-7-3-1-4-8-18)25-16-24(29)30-17-23(28)26-19-11-13-21(14-12-19)31-20-9-5-2-6-10-20/h1-14H,15-17H2,(H,25,27)(H,26,28). The number of rotatable bonds is 9. The molecule has 31 heavy (non-hydrogen) atoms. The Kier molecular flexibility index (Phi) is 7.77. The first-order valence-electron chi connectivity index (χ1n) is 9.67. The van der Waals surface area contributed by atoms with Crippen LogP contribution in [0.5, 0.6) is 11.5 Å². The summed E-state index contributed by atoms with van der Waals surface area (Å²) in [5.41, 5.74) is 1.38. The molecule has 3 aromatic carbocycles. The van der Waals surface area contributed by atoms with Crippen molar-refractivity contribution in [1.29, 1.82) is 0 Å². The van der Waals surface area contributed by atoms with Crippen molar-refractivity contribution < 1.29 is 23.9 Å². The van der Waals surface area contributed by atoms with Gasteiger partial charge in [-0.3, -0.25) is 14.4 Å². The zero-order chi connectivity index (χ0) is 21.9. The van der Waals surface area contributed by atoms with Crippen molar-refractivity contribution in [2.45, 2.75) is 6.42 Å². The first-order valence-corrected chi connectivity index (χ1v) is 9.67. The van der Waals surface area contributed by atoms with Crippen molar-refractivity contribution >= 4 is 23.5 Å². The Morgan fingerprint density at radius 3 is 2.00 bits per heavy atom. The molecule has 0 radical (unpaired) electrons. The fourth-order valence-corrected chi connectivity index (χ4v) is 2.64. The van der Waals surface area contributed by atoms with Gasteiger partial charge in [0.1, 0.15) is 18.0 Å². The number of carbonyl (C=O) groups is 3. The minimum absolute atomic E-state index is 0.165. The number of ether oxygens (including phenoxy) is 2. The molecule has 0 spiro atoms. The number of carbonyl (C=O) groups excluding carboxylic acids is 3. The van der Waals surface area contributed by atoms with Crippen LogP contribution >= 0.6 is 0 Å². The number of benzene rings is 3. The third-order valence-electron chi connectivity index (χ3n) is 4.12. The molecule has 3 aromatic rings. The summed E-state index contributed by atoms with van der Waals surface area (Å²) < 4.78 is 10.6. The van der Waals surface area contributed by atoms with Gasteiger partial charge in [-0.05, 0) is 42.0 Å². The molecule has 0 fully saturated rings. The monoisotopic (exact) mass is 418 g/mol. The smallest absolute Gasteiger partial charge is 0.325 e. The van der Waals surface area contributed by atoms with Crippen molar-refractivity contribution in [3.8, 4) is 11.5 Å². The normalized spacial score (nSPS) is 10.1. The van der Waals surface area contributed by atoms with E-state index in [1.54, 1.807) is 24.3 Å². The maximum atomic E-state index is 12.0. The Hall–Kier alpha value is -4.13. The molecular weight excluding hydrogens is 396 g/mol. The number of esters is 1. The van der Waals surface area contributed by atoms with E-state index in [1.807, 2.05) is 60.7 Å². The van der Waals surface area contributed by atoms with Gasteiger partial charge in [-0.25, -0.2) is 0 Å². The summed E-state index contributed by atoms with van der Waals surface area (Å²) in [5.74, 6) is -0.141. The number of anilines is 1.